The normalized spacial score (nSPS) is 22.5. The van der Waals surface area contributed by atoms with Crippen LogP contribution in [0, 0.1) is 5.92 Å². The first-order valence-electron chi connectivity index (χ1n) is 8.06. The largest absolute Gasteiger partial charge is 0.346 e. The maximum absolute atomic E-state index is 12.4. The summed E-state index contributed by atoms with van der Waals surface area (Å²) in [6, 6.07) is 9.71. The fourth-order valence-electron chi connectivity index (χ4n) is 2.87. The highest BCUT2D eigenvalue weighted by atomic mass is 16.5. The topological polar surface area (TPSA) is 80.0 Å². The summed E-state index contributed by atoms with van der Waals surface area (Å²) in [5, 5.41) is 10.3. The van der Waals surface area contributed by atoms with Gasteiger partial charge < -0.3 is 15.2 Å². The zero-order valence-electron chi connectivity index (χ0n) is 13.5. The van der Waals surface area contributed by atoms with Crippen molar-refractivity contribution >= 4 is 5.91 Å². The Morgan fingerprint density at radius 2 is 2.17 bits per heavy atom. The lowest BCUT2D eigenvalue weighted by atomic mass is 9.92. The zero-order chi connectivity index (χ0) is 16.2. The molecular weight excluding hydrogens is 292 g/mol. The number of nitrogens with zero attached hydrogens (tertiary/aromatic N) is 2. The van der Waals surface area contributed by atoms with Gasteiger partial charge >= 0.3 is 0 Å². The minimum atomic E-state index is -0.270. The van der Waals surface area contributed by atoms with E-state index < -0.39 is 0 Å². The predicted octanol–water partition coefficient (Wildman–Crippen LogP) is 2.30. The minimum Gasteiger partial charge on any atom is -0.346 e. The van der Waals surface area contributed by atoms with Gasteiger partial charge in [0.2, 0.25) is 5.91 Å². The highest BCUT2D eigenvalue weighted by molar-refractivity contribution is 5.79. The molecule has 0 radical (unpaired) electrons. The molecule has 0 saturated carbocycles. The molecule has 0 aliphatic carbocycles. The van der Waals surface area contributed by atoms with E-state index in [4.69, 9.17) is 4.52 Å². The van der Waals surface area contributed by atoms with Gasteiger partial charge in [-0.2, -0.15) is 4.98 Å². The van der Waals surface area contributed by atoms with E-state index in [1.54, 1.807) is 0 Å². The third-order valence-electron chi connectivity index (χ3n) is 4.20. The summed E-state index contributed by atoms with van der Waals surface area (Å²) in [5.74, 6) is 1.09. The Hall–Kier alpha value is -2.21. The molecule has 1 aromatic carbocycles. The van der Waals surface area contributed by atoms with Crippen LogP contribution in [0.1, 0.15) is 38.6 Å². The average molecular weight is 314 g/mol. The second-order valence-corrected chi connectivity index (χ2v) is 6.13. The molecule has 0 spiro atoms. The molecule has 2 aromatic rings. The van der Waals surface area contributed by atoms with E-state index in [0.717, 1.165) is 24.9 Å². The van der Waals surface area contributed by atoms with E-state index >= 15 is 0 Å². The Labute approximate surface area is 135 Å². The van der Waals surface area contributed by atoms with E-state index in [1.807, 2.05) is 37.3 Å². The lowest BCUT2D eigenvalue weighted by molar-refractivity contribution is -0.126. The van der Waals surface area contributed by atoms with E-state index in [9.17, 15) is 4.79 Å². The van der Waals surface area contributed by atoms with Crippen LogP contribution < -0.4 is 10.6 Å². The fraction of sp³-hybridized carbons (Fsp3) is 0.471. The Bertz CT molecular complexity index is 656. The van der Waals surface area contributed by atoms with Crippen molar-refractivity contribution in [2.75, 3.05) is 6.54 Å². The fourth-order valence-corrected chi connectivity index (χ4v) is 2.87. The molecule has 1 amide bonds. The molecule has 2 N–H and O–H groups in total. The highest BCUT2D eigenvalue weighted by Crippen LogP contribution is 2.20. The molecular formula is C17H22N4O2. The van der Waals surface area contributed by atoms with Crippen LogP contribution in [-0.2, 0) is 4.79 Å². The van der Waals surface area contributed by atoms with Crippen molar-refractivity contribution in [2.24, 2.45) is 5.92 Å². The molecule has 1 unspecified atom stereocenters. The van der Waals surface area contributed by atoms with Crippen molar-refractivity contribution in [3.63, 3.8) is 0 Å². The van der Waals surface area contributed by atoms with Crippen molar-refractivity contribution < 1.29 is 9.32 Å². The van der Waals surface area contributed by atoms with Gasteiger partial charge in [0.05, 0.1) is 6.04 Å². The Balaban J connectivity index is 1.63. The van der Waals surface area contributed by atoms with E-state index in [2.05, 4.69) is 27.7 Å². The summed E-state index contributed by atoms with van der Waals surface area (Å²) < 4.78 is 5.29. The average Bonchev–Trinajstić information content (AvgIpc) is 3.06. The van der Waals surface area contributed by atoms with Crippen LogP contribution in [-0.4, -0.2) is 28.6 Å². The number of carbonyl (C=O) groups is 1. The second kappa shape index (κ2) is 6.91. The Morgan fingerprint density at radius 3 is 2.91 bits per heavy atom. The molecule has 122 valence electrons. The van der Waals surface area contributed by atoms with Crippen LogP contribution >= 0.6 is 0 Å². The summed E-state index contributed by atoms with van der Waals surface area (Å²) in [6.45, 7) is 4.87. The summed E-state index contributed by atoms with van der Waals surface area (Å²) in [6.07, 6.45) is 1.73. The van der Waals surface area contributed by atoms with Gasteiger partial charge in [0, 0.05) is 17.5 Å². The number of piperidine rings is 1. The van der Waals surface area contributed by atoms with E-state index in [1.165, 1.54) is 0 Å². The predicted molar refractivity (Wildman–Crippen MR) is 86.5 cm³/mol. The van der Waals surface area contributed by atoms with Crippen LogP contribution in [0.25, 0.3) is 11.5 Å². The third-order valence-corrected chi connectivity index (χ3v) is 4.20. The van der Waals surface area contributed by atoms with Crippen molar-refractivity contribution in [1.82, 2.24) is 20.8 Å². The molecule has 6 nitrogen and oxygen atoms in total. The first kappa shape index (κ1) is 15.7. The van der Waals surface area contributed by atoms with Crippen molar-refractivity contribution in [2.45, 2.75) is 38.8 Å². The monoisotopic (exact) mass is 314 g/mol. The minimum absolute atomic E-state index is 0.0502. The summed E-state index contributed by atoms with van der Waals surface area (Å²) >= 11 is 0. The van der Waals surface area contributed by atoms with Gasteiger partial charge in [-0.1, -0.05) is 23.4 Å². The number of carbonyl (C=O) groups excluding carboxylic acids is 1. The van der Waals surface area contributed by atoms with Gasteiger partial charge in [0.25, 0.3) is 5.89 Å². The SMILES string of the molecule is CC(NC(=O)[C@H]1CCN[C@@H](C)C1)c1noc(-c2ccccc2)n1. The Kier molecular flexibility index (Phi) is 4.71. The molecule has 23 heavy (non-hydrogen) atoms. The van der Waals surface area contributed by atoms with Crippen molar-refractivity contribution in [1.29, 1.82) is 0 Å². The molecule has 1 aromatic heterocycles. The number of rotatable bonds is 4. The number of hydrogen-bond acceptors (Lipinski definition) is 5. The number of benzene rings is 1. The molecule has 6 heteroatoms. The standard InChI is InChI=1S/C17H22N4O2/c1-11-10-14(8-9-18-11)16(22)19-12(2)15-20-17(23-21-15)13-6-4-3-5-7-13/h3-7,11-12,14,18H,8-10H2,1-2H3,(H,19,22)/t11-,12?,14-/m0/s1. The van der Waals surface area contributed by atoms with Crippen LogP contribution in [0.2, 0.25) is 0 Å². The highest BCUT2D eigenvalue weighted by Gasteiger charge is 2.26. The number of amides is 1. The first-order chi connectivity index (χ1) is 11.1. The van der Waals surface area contributed by atoms with Gasteiger partial charge in [0.1, 0.15) is 0 Å². The number of nitrogens with one attached hydrogen (secondary N) is 2. The second-order valence-electron chi connectivity index (χ2n) is 6.13. The molecule has 3 atom stereocenters. The van der Waals surface area contributed by atoms with Crippen LogP contribution in [0.15, 0.2) is 34.9 Å². The maximum Gasteiger partial charge on any atom is 0.257 e. The molecule has 1 saturated heterocycles. The van der Waals surface area contributed by atoms with Crippen LogP contribution in [0.5, 0.6) is 0 Å². The third kappa shape index (κ3) is 3.76. The molecule has 2 heterocycles. The summed E-state index contributed by atoms with van der Waals surface area (Å²) in [5.41, 5.74) is 0.872. The van der Waals surface area contributed by atoms with Crippen LogP contribution in [0.3, 0.4) is 0 Å². The van der Waals surface area contributed by atoms with Gasteiger partial charge in [0.15, 0.2) is 5.82 Å². The summed E-state index contributed by atoms with van der Waals surface area (Å²) in [7, 11) is 0. The smallest absolute Gasteiger partial charge is 0.257 e. The zero-order valence-corrected chi connectivity index (χ0v) is 13.5. The van der Waals surface area contributed by atoms with Crippen LogP contribution in [0.4, 0.5) is 0 Å². The Morgan fingerprint density at radius 1 is 1.39 bits per heavy atom. The van der Waals surface area contributed by atoms with E-state index in [0.29, 0.717) is 17.8 Å². The first-order valence-corrected chi connectivity index (χ1v) is 8.06. The van der Waals surface area contributed by atoms with Gasteiger partial charge in [-0.15, -0.1) is 0 Å². The molecule has 1 fully saturated rings. The summed E-state index contributed by atoms with van der Waals surface area (Å²) in [4.78, 5) is 16.8. The number of hydrogen-bond donors (Lipinski definition) is 2. The van der Waals surface area contributed by atoms with Gasteiger partial charge in [-0.3, -0.25) is 4.79 Å². The molecule has 1 aliphatic heterocycles. The lowest BCUT2D eigenvalue weighted by Crippen LogP contribution is -2.43. The molecule has 3 rings (SSSR count). The van der Waals surface area contributed by atoms with Gasteiger partial charge in [-0.05, 0) is 45.4 Å². The lowest BCUT2D eigenvalue weighted by Gasteiger charge is -2.27. The van der Waals surface area contributed by atoms with Crippen molar-refractivity contribution in [3.8, 4) is 11.5 Å². The maximum atomic E-state index is 12.4. The van der Waals surface area contributed by atoms with Gasteiger partial charge in [-0.25, -0.2) is 0 Å². The molecule has 0 bridgehead atoms. The molecule has 1 aliphatic rings. The van der Waals surface area contributed by atoms with Crippen molar-refractivity contribution in [3.05, 3.63) is 36.2 Å². The van der Waals surface area contributed by atoms with E-state index in [-0.39, 0.29) is 17.9 Å². The number of aromatic nitrogens is 2. The quantitative estimate of drug-likeness (QED) is 0.905.